The summed E-state index contributed by atoms with van der Waals surface area (Å²) in [4.78, 5) is 14.2. The monoisotopic (exact) mass is 398 g/mol. The van der Waals surface area contributed by atoms with Crippen molar-refractivity contribution in [1.82, 2.24) is 4.90 Å². The van der Waals surface area contributed by atoms with Gasteiger partial charge in [0.05, 0.1) is 10.7 Å². The van der Waals surface area contributed by atoms with Gasteiger partial charge in [0.1, 0.15) is 0 Å². The Bertz CT molecular complexity index is 820. The maximum absolute atomic E-state index is 12.1. The number of nitrogens with two attached hydrogens (primary N) is 1. The van der Waals surface area contributed by atoms with Crippen LogP contribution >= 0.6 is 11.6 Å². The molecule has 0 aromatic heterocycles. The van der Waals surface area contributed by atoms with Gasteiger partial charge < -0.3 is 10.6 Å². The Kier molecular flexibility index (Phi) is 7.01. The van der Waals surface area contributed by atoms with Crippen LogP contribution in [0.2, 0.25) is 5.02 Å². The molecule has 3 nitrogen and oxygen atoms in total. The number of hydrogen-bond donors (Lipinski definition) is 1. The Balaban J connectivity index is 1.73. The first-order valence-electron chi connectivity index (χ1n) is 10.3. The maximum Gasteiger partial charge on any atom is 0.222 e. The minimum atomic E-state index is 0.280. The van der Waals surface area contributed by atoms with E-state index in [0.29, 0.717) is 29.0 Å². The molecule has 2 aromatic carbocycles. The number of nitrogen functional groups attached to an aromatic ring is 1. The molecule has 0 saturated carbocycles. The fourth-order valence-electron chi connectivity index (χ4n) is 4.33. The van der Waals surface area contributed by atoms with Crippen LogP contribution in [0, 0.1) is 18.8 Å². The topological polar surface area (TPSA) is 46.3 Å². The van der Waals surface area contributed by atoms with Gasteiger partial charge in [0.2, 0.25) is 5.91 Å². The Morgan fingerprint density at radius 1 is 1.29 bits per heavy atom. The van der Waals surface area contributed by atoms with Gasteiger partial charge in [0.25, 0.3) is 0 Å². The van der Waals surface area contributed by atoms with Crippen LogP contribution < -0.4 is 5.73 Å². The number of aryl methyl sites for hydroxylation is 2. The summed E-state index contributed by atoms with van der Waals surface area (Å²) in [5, 5.41) is 0.633. The van der Waals surface area contributed by atoms with Crippen LogP contribution in [0.3, 0.4) is 0 Å². The number of amides is 1. The number of benzene rings is 2. The molecule has 0 radical (unpaired) electrons. The van der Waals surface area contributed by atoms with Gasteiger partial charge in [-0.05, 0) is 73.3 Å². The number of likely N-dealkylation sites (tertiary alicyclic amines) is 1. The van der Waals surface area contributed by atoms with Crippen molar-refractivity contribution in [3.8, 4) is 0 Å². The van der Waals surface area contributed by atoms with E-state index in [0.717, 1.165) is 38.8 Å². The minimum absolute atomic E-state index is 0.280. The third-order valence-corrected chi connectivity index (χ3v) is 6.49. The van der Waals surface area contributed by atoms with Crippen molar-refractivity contribution in [2.24, 2.45) is 11.8 Å². The predicted octanol–water partition coefficient (Wildman–Crippen LogP) is 5.28. The first-order valence-corrected chi connectivity index (χ1v) is 10.7. The average molecular weight is 399 g/mol. The van der Waals surface area contributed by atoms with E-state index in [1.807, 2.05) is 19.1 Å². The molecule has 3 rings (SSSR count). The van der Waals surface area contributed by atoms with Crippen molar-refractivity contribution in [3.05, 3.63) is 64.2 Å². The molecule has 1 aliphatic heterocycles. The molecule has 28 heavy (non-hydrogen) atoms. The second-order valence-electron chi connectivity index (χ2n) is 8.03. The largest absolute Gasteiger partial charge is 0.398 e. The summed E-state index contributed by atoms with van der Waals surface area (Å²) in [7, 11) is 0. The molecule has 2 aromatic rings. The van der Waals surface area contributed by atoms with Crippen molar-refractivity contribution in [2.45, 2.75) is 46.0 Å². The van der Waals surface area contributed by atoms with E-state index in [2.05, 4.69) is 42.2 Å². The van der Waals surface area contributed by atoms with E-state index in [1.165, 1.54) is 16.7 Å². The van der Waals surface area contributed by atoms with Gasteiger partial charge in [-0.15, -0.1) is 0 Å². The summed E-state index contributed by atoms with van der Waals surface area (Å²) in [6, 6.07) is 14.6. The minimum Gasteiger partial charge on any atom is -0.398 e. The number of carbonyl (C=O) groups is 1. The lowest BCUT2D eigenvalue weighted by Gasteiger charge is -2.25. The number of carbonyl (C=O) groups excluding carboxylic acids is 1. The molecule has 1 unspecified atom stereocenters. The molecular formula is C24H31ClN2O. The molecule has 4 heteroatoms. The number of rotatable bonds is 7. The smallest absolute Gasteiger partial charge is 0.222 e. The lowest BCUT2D eigenvalue weighted by Crippen LogP contribution is -2.29. The van der Waals surface area contributed by atoms with Gasteiger partial charge in [-0.25, -0.2) is 0 Å². The van der Waals surface area contributed by atoms with Gasteiger partial charge in [-0.2, -0.15) is 0 Å². The van der Waals surface area contributed by atoms with Gasteiger partial charge in [-0.3, -0.25) is 4.79 Å². The SMILES string of the molecule is CCC(=O)N1CCC([C@@H](CCc2ccc(N)c(Cl)c2)Cc2ccccc2C)C1. The Labute approximate surface area is 173 Å². The number of halogens is 1. The van der Waals surface area contributed by atoms with E-state index in [-0.39, 0.29) is 5.91 Å². The van der Waals surface area contributed by atoms with Crippen LogP contribution in [0.25, 0.3) is 0 Å². The van der Waals surface area contributed by atoms with Gasteiger partial charge in [0.15, 0.2) is 0 Å². The lowest BCUT2D eigenvalue weighted by atomic mass is 9.81. The number of anilines is 1. The van der Waals surface area contributed by atoms with E-state index in [1.54, 1.807) is 0 Å². The van der Waals surface area contributed by atoms with Crippen LogP contribution in [-0.4, -0.2) is 23.9 Å². The molecule has 1 fully saturated rings. The molecule has 1 heterocycles. The first kappa shape index (κ1) is 20.7. The summed E-state index contributed by atoms with van der Waals surface area (Å²) in [5.41, 5.74) is 10.5. The van der Waals surface area contributed by atoms with E-state index >= 15 is 0 Å². The second kappa shape index (κ2) is 9.47. The second-order valence-corrected chi connectivity index (χ2v) is 8.43. The fraction of sp³-hybridized carbons (Fsp3) is 0.458. The van der Waals surface area contributed by atoms with Crippen molar-refractivity contribution < 1.29 is 4.79 Å². The van der Waals surface area contributed by atoms with Crippen LogP contribution in [-0.2, 0) is 17.6 Å². The Morgan fingerprint density at radius 2 is 2.07 bits per heavy atom. The number of hydrogen-bond acceptors (Lipinski definition) is 2. The molecule has 1 aliphatic rings. The Morgan fingerprint density at radius 3 is 2.79 bits per heavy atom. The van der Waals surface area contributed by atoms with Gasteiger partial charge >= 0.3 is 0 Å². The van der Waals surface area contributed by atoms with Gasteiger partial charge in [-0.1, -0.05) is 48.9 Å². The van der Waals surface area contributed by atoms with Crippen molar-refractivity contribution >= 4 is 23.2 Å². The summed E-state index contributed by atoms with van der Waals surface area (Å²) >= 11 is 6.21. The maximum atomic E-state index is 12.1. The van der Waals surface area contributed by atoms with Crippen LogP contribution in [0.15, 0.2) is 42.5 Å². The molecule has 0 spiro atoms. The standard InChI is InChI=1S/C24H31ClN2O/c1-3-24(28)27-13-12-21(16-27)20(15-19-7-5-4-6-17(19)2)10-8-18-9-11-23(26)22(25)14-18/h4-7,9,11,14,20-21H,3,8,10,12-13,15-16,26H2,1-2H3/t20-,21?/m0/s1. The molecule has 0 bridgehead atoms. The molecule has 150 valence electrons. The van der Waals surface area contributed by atoms with E-state index in [9.17, 15) is 4.79 Å². The first-order chi connectivity index (χ1) is 13.5. The van der Waals surface area contributed by atoms with Crippen LogP contribution in [0.1, 0.15) is 42.9 Å². The highest BCUT2D eigenvalue weighted by molar-refractivity contribution is 6.33. The van der Waals surface area contributed by atoms with Crippen LogP contribution in [0.4, 0.5) is 5.69 Å². The summed E-state index contributed by atoms with van der Waals surface area (Å²) in [6.45, 7) is 5.93. The third kappa shape index (κ3) is 5.08. The molecule has 2 atom stereocenters. The van der Waals surface area contributed by atoms with E-state index < -0.39 is 0 Å². The molecule has 1 saturated heterocycles. The third-order valence-electron chi connectivity index (χ3n) is 6.16. The molecule has 0 aliphatic carbocycles. The lowest BCUT2D eigenvalue weighted by molar-refractivity contribution is -0.130. The molecule has 2 N–H and O–H groups in total. The van der Waals surface area contributed by atoms with Crippen LogP contribution in [0.5, 0.6) is 0 Å². The predicted molar refractivity (Wildman–Crippen MR) is 118 cm³/mol. The molecule has 1 amide bonds. The van der Waals surface area contributed by atoms with Crippen molar-refractivity contribution in [3.63, 3.8) is 0 Å². The zero-order chi connectivity index (χ0) is 20.1. The summed E-state index contributed by atoms with van der Waals surface area (Å²) < 4.78 is 0. The van der Waals surface area contributed by atoms with E-state index in [4.69, 9.17) is 17.3 Å². The summed E-state index contributed by atoms with van der Waals surface area (Å²) in [5.74, 6) is 1.38. The number of nitrogens with zero attached hydrogens (tertiary/aromatic N) is 1. The fourth-order valence-corrected chi connectivity index (χ4v) is 4.53. The zero-order valence-corrected chi connectivity index (χ0v) is 17.7. The normalized spacial score (nSPS) is 17.7. The highest BCUT2D eigenvalue weighted by Crippen LogP contribution is 2.32. The summed E-state index contributed by atoms with van der Waals surface area (Å²) in [6.07, 6.45) is 4.83. The van der Waals surface area contributed by atoms with Gasteiger partial charge in [0, 0.05) is 19.5 Å². The van der Waals surface area contributed by atoms with Crippen molar-refractivity contribution in [1.29, 1.82) is 0 Å². The zero-order valence-electron chi connectivity index (χ0n) is 17.0. The highest BCUT2D eigenvalue weighted by Gasteiger charge is 2.31. The quantitative estimate of drug-likeness (QED) is 0.645. The molecular weight excluding hydrogens is 368 g/mol. The Hall–Kier alpha value is -2.00. The highest BCUT2D eigenvalue weighted by atomic mass is 35.5. The van der Waals surface area contributed by atoms with Crippen molar-refractivity contribution in [2.75, 3.05) is 18.8 Å². The average Bonchev–Trinajstić information content (AvgIpc) is 3.18.